The van der Waals surface area contributed by atoms with Crippen molar-refractivity contribution >= 4 is 22.8 Å². The lowest BCUT2D eigenvalue weighted by Crippen LogP contribution is -2.10. The molecule has 0 radical (unpaired) electrons. The van der Waals surface area contributed by atoms with Crippen LogP contribution in [0.25, 0.3) is 0 Å². The number of hydrogen-bond donors (Lipinski definition) is 1. The van der Waals surface area contributed by atoms with Gasteiger partial charge in [0.2, 0.25) is 0 Å². The molecule has 0 saturated carbocycles. The fourth-order valence-electron chi connectivity index (χ4n) is 2.89. The van der Waals surface area contributed by atoms with Gasteiger partial charge < -0.3 is 5.11 Å². The first-order valence-corrected chi connectivity index (χ1v) is 7.99. The summed E-state index contributed by atoms with van der Waals surface area (Å²) >= 11 is 0. The first-order valence-electron chi connectivity index (χ1n) is 7.99. The van der Waals surface area contributed by atoms with E-state index in [0.29, 0.717) is 29.0 Å². The Morgan fingerprint density at radius 2 is 1.44 bits per heavy atom. The van der Waals surface area contributed by atoms with Crippen LogP contribution < -0.4 is 0 Å². The number of hydrogen-bond acceptors (Lipinski definition) is 3. The van der Waals surface area contributed by atoms with Crippen molar-refractivity contribution in [1.82, 2.24) is 0 Å². The number of nitrogens with zero attached hydrogens (tertiary/aromatic N) is 2. The number of aliphatic imine (C=N–C) groups is 2. The highest BCUT2D eigenvalue weighted by Gasteiger charge is 2.18. The molecule has 0 saturated heterocycles. The highest BCUT2D eigenvalue weighted by molar-refractivity contribution is 6.21. The molecule has 1 heterocycles. The van der Waals surface area contributed by atoms with Gasteiger partial charge in [-0.3, -0.25) is 9.98 Å². The lowest BCUT2D eigenvalue weighted by molar-refractivity contribution is 0.474. The molecule has 1 aliphatic rings. The molecule has 0 aliphatic carbocycles. The van der Waals surface area contributed by atoms with Crippen LogP contribution in [0.2, 0.25) is 0 Å². The van der Waals surface area contributed by atoms with E-state index in [1.54, 1.807) is 18.2 Å². The fraction of sp³-hybridized carbons (Fsp3) is 0.0476. The van der Waals surface area contributed by atoms with Gasteiger partial charge in [0.25, 0.3) is 0 Å². The Hall–Kier alpha value is -3.27. The summed E-state index contributed by atoms with van der Waals surface area (Å²) in [5.74, 6) is -0.141. The maximum Gasteiger partial charge on any atom is 0.124 e. The standard InChI is InChI=1S/C21H15FN2O/c22-15-7-5-6-14(12-15)19-13-20(16-8-1-4-11-21(16)25)24-18-10-3-2-9-17(18)23-19/h1-12,25H,13H2. The van der Waals surface area contributed by atoms with Gasteiger partial charge in [-0.25, -0.2) is 4.39 Å². The Morgan fingerprint density at radius 3 is 2.16 bits per heavy atom. The minimum absolute atomic E-state index is 0.166. The highest BCUT2D eigenvalue weighted by atomic mass is 19.1. The predicted molar refractivity (Wildman–Crippen MR) is 98.0 cm³/mol. The molecule has 1 N–H and O–H groups in total. The molecule has 3 aromatic rings. The Kier molecular flexibility index (Phi) is 3.86. The molecule has 0 atom stereocenters. The number of para-hydroxylation sites is 3. The van der Waals surface area contributed by atoms with Crippen LogP contribution in [0.1, 0.15) is 17.5 Å². The molecule has 1 aliphatic heterocycles. The summed E-state index contributed by atoms with van der Waals surface area (Å²) in [7, 11) is 0. The number of phenols is 1. The molecule has 3 nitrogen and oxygen atoms in total. The first kappa shape index (κ1) is 15.3. The van der Waals surface area contributed by atoms with E-state index in [4.69, 9.17) is 9.98 Å². The Labute approximate surface area is 144 Å². The molecule has 3 aromatic carbocycles. The van der Waals surface area contributed by atoms with E-state index < -0.39 is 0 Å². The van der Waals surface area contributed by atoms with Crippen LogP contribution in [0.3, 0.4) is 0 Å². The second kappa shape index (κ2) is 6.32. The van der Waals surface area contributed by atoms with Crippen LogP contribution in [-0.4, -0.2) is 16.5 Å². The van der Waals surface area contributed by atoms with E-state index >= 15 is 0 Å². The molecule has 0 bridgehead atoms. The van der Waals surface area contributed by atoms with Crippen LogP contribution in [-0.2, 0) is 0 Å². The maximum atomic E-state index is 13.7. The Balaban J connectivity index is 1.90. The van der Waals surface area contributed by atoms with Gasteiger partial charge in [0, 0.05) is 12.0 Å². The van der Waals surface area contributed by atoms with Gasteiger partial charge in [0.15, 0.2) is 0 Å². The SMILES string of the molecule is Oc1ccccc1C1=Nc2ccccc2N=C(c2cccc(F)c2)C1. The van der Waals surface area contributed by atoms with E-state index in [-0.39, 0.29) is 11.6 Å². The second-order valence-corrected chi connectivity index (χ2v) is 5.81. The lowest BCUT2D eigenvalue weighted by Gasteiger charge is -2.09. The molecule has 4 rings (SSSR count). The highest BCUT2D eigenvalue weighted by Crippen LogP contribution is 2.33. The third-order valence-corrected chi connectivity index (χ3v) is 4.10. The van der Waals surface area contributed by atoms with E-state index in [2.05, 4.69) is 0 Å². The van der Waals surface area contributed by atoms with Gasteiger partial charge in [-0.15, -0.1) is 0 Å². The van der Waals surface area contributed by atoms with Crippen LogP contribution in [0.4, 0.5) is 15.8 Å². The topological polar surface area (TPSA) is 45.0 Å². The minimum atomic E-state index is -0.307. The lowest BCUT2D eigenvalue weighted by atomic mass is 9.99. The number of rotatable bonds is 2. The van der Waals surface area contributed by atoms with Gasteiger partial charge in [-0.05, 0) is 42.0 Å². The predicted octanol–water partition coefficient (Wildman–Crippen LogP) is 5.18. The monoisotopic (exact) mass is 330 g/mol. The van der Waals surface area contributed by atoms with Crippen molar-refractivity contribution < 1.29 is 9.50 Å². The number of aromatic hydroxyl groups is 1. The third kappa shape index (κ3) is 3.06. The summed E-state index contributed by atoms with van der Waals surface area (Å²) in [6.07, 6.45) is 0.399. The number of halogens is 1. The third-order valence-electron chi connectivity index (χ3n) is 4.10. The number of phenolic OH excluding ortho intramolecular Hbond substituents is 1. The van der Waals surface area contributed by atoms with Crippen LogP contribution >= 0.6 is 0 Å². The Bertz CT molecular complexity index is 1010. The zero-order chi connectivity index (χ0) is 17.2. The minimum Gasteiger partial charge on any atom is -0.507 e. The van der Waals surface area contributed by atoms with Crippen molar-refractivity contribution in [3.63, 3.8) is 0 Å². The van der Waals surface area contributed by atoms with Crippen LogP contribution in [0, 0.1) is 5.82 Å². The van der Waals surface area contributed by atoms with E-state index in [1.807, 2.05) is 42.5 Å². The zero-order valence-corrected chi connectivity index (χ0v) is 13.4. The van der Waals surface area contributed by atoms with E-state index in [0.717, 1.165) is 11.4 Å². The fourth-order valence-corrected chi connectivity index (χ4v) is 2.89. The molecule has 122 valence electrons. The Morgan fingerprint density at radius 1 is 0.760 bits per heavy atom. The summed E-state index contributed by atoms with van der Waals surface area (Å²) in [4.78, 5) is 9.43. The normalized spacial score (nSPS) is 13.5. The maximum absolute atomic E-state index is 13.7. The largest absolute Gasteiger partial charge is 0.507 e. The summed E-state index contributed by atoms with van der Waals surface area (Å²) in [5.41, 5.74) is 4.24. The van der Waals surface area contributed by atoms with E-state index in [9.17, 15) is 9.50 Å². The molecular formula is C21H15FN2O. The summed E-state index contributed by atoms with van der Waals surface area (Å²) < 4.78 is 13.7. The number of benzene rings is 3. The number of fused-ring (bicyclic) bond motifs is 1. The second-order valence-electron chi connectivity index (χ2n) is 5.81. The smallest absolute Gasteiger partial charge is 0.124 e. The van der Waals surface area contributed by atoms with Crippen LogP contribution in [0.5, 0.6) is 5.75 Å². The van der Waals surface area contributed by atoms with Gasteiger partial charge in [0.05, 0.1) is 22.8 Å². The van der Waals surface area contributed by atoms with Crippen molar-refractivity contribution in [1.29, 1.82) is 0 Å². The quantitative estimate of drug-likeness (QED) is 0.691. The van der Waals surface area contributed by atoms with Crippen molar-refractivity contribution in [2.75, 3.05) is 0 Å². The first-order chi connectivity index (χ1) is 12.2. The molecule has 0 spiro atoms. The summed E-state index contributed by atoms with van der Waals surface area (Å²) in [5, 5.41) is 10.2. The van der Waals surface area contributed by atoms with Gasteiger partial charge in [-0.2, -0.15) is 0 Å². The molecule has 0 unspecified atom stereocenters. The summed E-state index contributed by atoms with van der Waals surface area (Å²) in [6.45, 7) is 0. The van der Waals surface area contributed by atoms with Crippen molar-refractivity contribution in [2.24, 2.45) is 9.98 Å². The van der Waals surface area contributed by atoms with Crippen LogP contribution in [0.15, 0.2) is 82.8 Å². The van der Waals surface area contributed by atoms with E-state index in [1.165, 1.54) is 12.1 Å². The zero-order valence-electron chi connectivity index (χ0n) is 13.4. The average molecular weight is 330 g/mol. The van der Waals surface area contributed by atoms with Gasteiger partial charge in [0.1, 0.15) is 11.6 Å². The molecule has 0 amide bonds. The van der Waals surface area contributed by atoms with Gasteiger partial charge >= 0.3 is 0 Å². The average Bonchev–Trinajstić information content (AvgIpc) is 2.81. The summed E-state index contributed by atoms with van der Waals surface area (Å²) in [6, 6.07) is 21.0. The molecule has 0 aromatic heterocycles. The molecule has 25 heavy (non-hydrogen) atoms. The molecular weight excluding hydrogens is 315 g/mol. The molecule has 0 fully saturated rings. The van der Waals surface area contributed by atoms with Gasteiger partial charge in [-0.1, -0.05) is 36.4 Å². The molecule has 4 heteroatoms. The van der Waals surface area contributed by atoms with Crippen molar-refractivity contribution in [3.05, 3.63) is 89.7 Å². The van der Waals surface area contributed by atoms with Crippen molar-refractivity contribution in [3.8, 4) is 5.75 Å². The van der Waals surface area contributed by atoms with Crippen molar-refractivity contribution in [2.45, 2.75) is 6.42 Å².